The molecular formula is C10H10ClNO3. The van der Waals surface area contributed by atoms with Gasteiger partial charge in [-0.25, -0.2) is 4.79 Å². The summed E-state index contributed by atoms with van der Waals surface area (Å²) in [6, 6.07) is 5.77. The molecular weight excluding hydrogens is 218 g/mol. The molecule has 1 aromatic carbocycles. The van der Waals surface area contributed by atoms with Crippen LogP contribution in [0.15, 0.2) is 24.3 Å². The van der Waals surface area contributed by atoms with Gasteiger partial charge in [0.05, 0.1) is 6.04 Å². The third-order valence-electron chi connectivity index (χ3n) is 1.57. The van der Waals surface area contributed by atoms with Gasteiger partial charge in [0, 0.05) is 5.02 Å². The van der Waals surface area contributed by atoms with Crippen LogP contribution in [0.1, 0.15) is 6.92 Å². The predicted octanol–water partition coefficient (Wildman–Crippen LogP) is 2.02. The Morgan fingerprint density at radius 3 is 2.60 bits per heavy atom. The van der Waals surface area contributed by atoms with Crippen LogP contribution >= 0.6 is 11.6 Å². The highest BCUT2D eigenvalue weighted by Crippen LogP contribution is 2.15. The summed E-state index contributed by atoms with van der Waals surface area (Å²) in [7, 11) is 0. The number of rotatable bonds is 3. The molecule has 1 amide bonds. The second-order valence-corrected chi connectivity index (χ2v) is 3.35. The standard InChI is InChI=1S/C10H10ClNO3/c1-7(6-13)12-10(14)15-9-4-2-8(11)3-5-9/h2-7H,1H3,(H,12,14). The van der Waals surface area contributed by atoms with Gasteiger partial charge in [0.25, 0.3) is 0 Å². The van der Waals surface area contributed by atoms with Crippen LogP contribution in [0.25, 0.3) is 0 Å². The third kappa shape index (κ3) is 3.99. The van der Waals surface area contributed by atoms with Crippen LogP contribution in [0.2, 0.25) is 5.02 Å². The molecule has 1 atom stereocenters. The number of aldehydes is 1. The van der Waals surface area contributed by atoms with Crippen molar-refractivity contribution in [3.8, 4) is 5.75 Å². The van der Waals surface area contributed by atoms with Crippen molar-refractivity contribution in [2.75, 3.05) is 0 Å². The Bertz CT molecular complexity index is 350. The van der Waals surface area contributed by atoms with Crippen LogP contribution in [-0.2, 0) is 4.79 Å². The van der Waals surface area contributed by atoms with Gasteiger partial charge >= 0.3 is 6.09 Å². The topological polar surface area (TPSA) is 55.4 Å². The molecule has 0 aromatic heterocycles. The molecule has 0 fully saturated rings. The smallest absolute Gasteiger partial charge is 0.410 e. The lowest BCUT2D eigenvalue weighted by molar-refractivity contribution is -0.109. The number of carbonyl (C=O) groups excluding carboxylic acids is 2. The van der Waals surface area contributed by atoms with Crippen LogP contribution in [-0.4, -0.2) is 18.4 Å². The minimum Gasteiger partial charge on any atom is -0.410 e. The maximum absolute atomic E-state index is 11.1. The van der Waals surface area contributed by atoms with Gasteiger partial charge in [-0.15, -0.1) is 0 Å². The van der Waals surface area contributed by atoms with E-state index in [1.165, 1.54) is 0 Å². The van der Waals surface area contributed by atoms with E-state index in [1.807, 2.05) is 0 Å². The number of hydrogen-bond acceptors (Lipinski definition) is 3. The average Bonchev–Trinajstić information content (AvgIpc) is 2.21. The summed E-state index contributed by atoms with van der Waals surface area (Å²) >= 11 is 5.65. The average molecular weight is 228 g/mol. The van der Waals surface area contributed by atoms with Gasteiger partial charge in [0.15, 0.2) is 0 Å². The Balaban J connectivity index is 2.51. The molecule has 15 heavy (non-hydrogen) atoms. The van der Waals surface area contributed by atoms with Crippen LogP contribution in [0.4, 0.5) is 4.79 Å². The Morgan fingerprint density at radius 1 is 1.47 bits per heavy atom. The normalized spacial score (nSPS) is 11.6. The Hall–Kier alpha value is -1.55. The molecule has 0 spiro atoms. The van der Waals surface area contributed by atoms with Crippen molar-refractivity contribution >= 4 is 24.0 Å². The summed E-state index contributed by atoms with van der Waals surface area (Å²) in [4.78, 5) is 21.4. The molecule has 5 heteroatoms. The fourth-order valence-corrected chi connectivity index (χ4v) is 0.985. The number of benzene rings is 1. The summed E-state index contributed by atoms with van der Waals surface area (Å²) in [6.07, 6.45) is -0.0553. The maximum Gasteiger partial charge on any atom is 0.413 e. The van der Waals surface area contributed by atoms with E-state index in [9.17, 15) is 9.59 Å². The van der Waals surface area contributed by atoms with Gasteiger partial charge in [-0.05, 0) is 31.2 Å². The minimum atomic E-state index is -0.670. The Labute approximate surface area is 92.2 Å². The molecule has 0 saturated heterocycles. The van der Waals surface area contributed by atoms with Gasteiger partial charge in [-0.2, -0.15) is 0 Å². The highest BCUT2D eigenvalue weighted by molar-refractivity contribution is 6.30. The molecule has 1 rings (SSSR count). The molecule has 4 nitrogen and oxygen atoms in total. The van der Waals surface area contributed by atoms with E-state index in [2.05, 4.69) is 5.32 Å². The maximum atomic E-state index is 11.1. The molecule has 0 aliphatic carbocycles. The van der Waals surface area contributed by atoms with Crippen LogP contribution in [0, 0.1) is 0 Å². The molecule has 0 saturated carbocycles. The SMILES string of the molecule is CC(C=O)NC(=O)Oc1ccc(Cl)cc1. The van der Waals surface area contributed by atoms with Crippen molar-refractivity contribution in [2.24, 2.45) is 0 Å². The molecule has 0 heterocycles. The second-order valence-electron chi connectivity index (χ2n) is 2.91. The Morgan fingerprint density at radius 2 is 2.07 bits per heavy atom. The van der Waals surface area contributed by atoms with Crippen molar-refractivity contribution in [2.45, 2.75) is 13.0 Å². The van der Waals surface area contributed by atoms with Gasteiger partial charge in [0.2, 0.25) is 0 Å². The first-order valence-corrected chi connectivity index (χ1v) is 4.69. The molecule has 1 aromatic rings. The van der Waals surface area contributed by atoms with E-state index >= 15 is 0 Å². The van der Waals surface area contributed by atoms with E-state index in [4.69, 9.17) is 16.3 Å². The zero-order valence-electron chi connectivity index (χ0n) is 8.07. The van der Waals surface area contributed by atoms with Crippen molar-refractivity contribution in [3.63, 3.8) is 0 Å². The van der Waals surface area contributed by atoms with Crippen molar-refractivity contribution in [3.05, 3.63) is 29.3 Å². The third-order valence-corrected chi connectivity index (χ3v) is 1.83. The quantitative estimate of drug-likeness (QED) is 0.804. The van der Waals surface area contributed by atoms with Crippen LogP contribution in [0.3, 0.4) is 0 Å². The van der Waals surface area contributed by atoms with E-state index in [-0.39, 0.29) is 0 Å². The molecule has 80 valence electrons. The Kier molecular flexibility index (Phi) is 4.12. The van der Waals surface area contributed by atoms with E-state index in [1.54, 1.807) is 31.2 Å². The van der Waals surface area contributed by atoms with Crippen molar-refractivity contribution < 1.29 is 14.3 Å². The molecule has 1 unspecified atom stereocenters. The van der Waals surface area contributed by atoms with E-state index in [0.717, 1.165) is 0 Å². The zero-order chi connectivity index (χ0) is 11.3. The molecule has 0 bridgehead atoms. The lowest BCUT2D eigenvalue weighted by Gasteiger charge is -2.07. The monoisotopic (exact) mass is 227 g/mol. The van der Waals surface area contributed by atoms with E-state index < -0.39 is 12.1 Å². The molecule has 0 radical (unpaired) electrons. The first-order valence-electron chi connectivity index (χ1n) is 4.31. The molecule has 1 N–H and O–H groups in total. The lowest BCUT2D eigenvalue weighted by atomic mass is 10.3. The lowest BCUT2D eigenvalue weighted by Crippen LogP contribution is -2.35. The first kappa shape index (κ1) is 11.5. The first-order chi connectivity index (χ1) is 7.11. The number of halogens is 1. The summed E-state index contributed by atoms with van der Waals surface area (Å²) in [5, 5.41) is 2.89. The van der Waals surface area contributed by atoms with Crippen molar-refractivity contribution in [1.82, 2.24) is 5.32 Å². The van der Waals surface area contributed by atoms with Crippen LogP contribution in [0.5, 0.6) is 5.75 Å². The number of nitrogens with one attached hydrogen (secondary N) is 1. The summed E-state index contributed by atoms with van der Waals surface area (Å²) in [5.41, 5.74) is 0. The number of carbonyl (C=O) groups is 2. The predicted molar refractivity (Wildman–Crippen MR) is 56.1 cm³/mol. The minimum absolute atomic E-state index is 0.370. The van der Waals surface area contributed by atoms with Gasteiger partial charge in [-0.3, -0.25) is 0 Å². The second kappa shape index (κ2) is 5.36. The molecule has 0 aliphatic heterocycles. The van der Waals surface area contributed by atoms with E-state index in [0.29, 0.717) is 17.1 Å². The molecule has 0 aliphatic rings. The number of hydrogen-bond donors (Lipinski definition) is 1. The summed E-state index contributed by atoms with van der Waals surface area (Å²) < 4.78 is 4.87. The van der Waals surface area contributed by atoms with Crippen molar-refractivity contribution in [1.29, 1.82) is 0 Å². The number of ether oxygens (including phenoxy) is 1. The highest BCUT2D eigenvalue weighted by atomic mass is 35.5. The largest absolute Gasteiger partial charge is 0.413 e. The highest BCUT2D eigenvalue weighted by Gasteiger charge is 2.07. The summed E-state index contributed by atoms with van der Waals surface area (Å²) in [6.45, 7) is 1.55. The van der Waals surface area contributed by atoms with Gasteiger partial charge in [-0.1, -0.05) is 11.6 Å². The van der Waals surface area contributed by atoms with Gasteiger partial charge in [0.1, 0.15) is 12.0 Å². The number of amides is 1. The fourth-order valence-electron chi connectivity index (χ4n) is 0.859. The fraction of sp³-hybridized carbons (Fsp3) is 0.200. The zero-order valence-corrected chi connectivity index (χ0v) is 8.82. The summed E-state index contributed by atoms with van der Waals surface area (Å²) in [5.74, 6) is 0.370. The van der Waals surface area contributed by atoms with Gasteiger partial charge < -0.3 is 14.8 Å². The van der Waals surface area contributed by atoms with Crippen LogP contribution < -0.4 is 10.1 Å².